The molecule has 0 saturated heterocycles. The lowest BCUT2D eigenvalue weighted by molar-refractivity contribution is 0.0484. The number of rotatable bonds is 4. The summed E-state index contributed by atoms with van der Waals surface area (Å²) in [5, 5.41) is 0. The minimum Gasteiger partial charge on any atom is -0.460 e. The number of nitrogens with two attached hydrogens (primary N) is 1. The first-order valence-electron chi connectivity index (χ1n) is 5.01. The number of hydrogen-bond donors (Lipinski definition) is 1. The van der Waals surface area contributed by atoms with E-state index in [1.54, 1.807) is 6.92 Å². The first-order chi connectivity index (χ1) is 7.90. The molecule has 0 aliphatic carbocycles. The maximum Gasteiger partial charge on any atom is 0.375 e. The molecule has 0 aromatic carbocycles. The first-order valence-corrected chi connectivity index (χ1v) is 5.01. The number of amides is 1. The molecular formula is C11H13NO5. The molecule has 6 heteroatoms. The third-order valence-corrected chi connectivity index (χ3v) is 2.14. The Morgan fingerprint density at radius 1 is 1.29 bits per heavy atom. The molecule has 17 heavy (non-hydrogen) atoms. The van der Waals surface area contributed by atoms with Gasteiger partial charge in [0.25, 0.3) is 5.91 Å². The highest BCUT2D eigenvalue weighted by Crippen LogP contribution is 2.23. The van der Waals surface area contributed by atoms with E-state index in [1.165, 1.54) is 13.8 Å². The van der Waals surface area contributed by atoms with Gasteiger partial charge in [0.1, 0.15) is 11.3 Å². The van der Waals surface area contributed by atoms with Crippen molar-refractivity contribution in [3.8, 4) is 0 Å². The molecule has 0 bridgehead atoms. The van der Waals surface area contributed by atoms with Crippen molar-refractivity contribution in [2.45, 2.75) is 20.8 Å². The third-order valence-electron chi connectivity index (χ3n) is 2.14. The second-order valence-corrected chi connectivity index (χ2v) is 3.38. The molecule has 0 aliphatic rings. The maximum absolute atomic E-state index is 11.5. The van der Waals surface area contributed by atoms with Crippen molar-refractivity contribution in [2.75, 3.05) is 6.61 Å². The van der Waals surface area contributed by atoms with Crippen LogP contribution in [0.2, 0.25) is 0 Å². The highest BCUT2D eigenvalue weighted by atomic mass is 16.5. The van der Waals surface area contributed by atoms with Gasteiger partial charge in [-0.3, -0.25) is 9.59 Å². The number of ketones is 1. The Labute approximate surface area is 97.7 Å². The van der Waals surface area contributed by atoms with E-state index in [2.05, 4.69) is 0 Å². The van der Waals surface area contributed by atoms with Gasteiger partial charge in [-0.2, -0.15) is 0 Å². The van der Waals surface area contributed by atoms with E-state index in [0.717, 1.165) is 0 Å². The lowest BCUT2D eigenvalue weighted by Gasteiger charge is -2.00. The molecule has 0 fully saturated rings. The van der Waals surface area contributed by atoms with Crippen LogP contribution in [0.4, 0.5) is 0 Å². The highest BCUT2D eigenvalue weighted by Gasteiger charge is 2.29. The number of ether oxygens (including phenoxy) is 1. The van der Waals surface area contributed by atoms with Crippen molar-refractivity contribution < 1.29 is 23.5 Å². The van der Waals surface area contributed by atoms with Crippen molar-refractivity contribution in [1.29, 1.82) is 0 Å². The van der Waals surface area contributed by atoms with Gasteiger partial charge in [0.05, 0.1) is 12.2 Å². The Kier molecular flexibility index (Phi) is 3.67. The van der Waals surface area contributed by atoms with Gasteiger partial charge in [-0.1, -0.05) is 0 Å². The van der Waals surface area contributed by atoms with Crippen LogP contribution in [-0.2, 0) is 4.74 Å². The van der Waals surface area contributed by atoms with Gasteiger partial charge in [0, 0.05) is 0 Å². The van der Waals surface area contributed by atoms with E-state index < -0.39 is 17.7 Å². The summed E-state index contributed by atoms with van der Waals surface area (Å²) in [4.78, 5) is 34.2. The van der Waals surface area contributed by atoms with Crippen LogP contribution in [0.5, 0.6) is 0 Å². The molecule has 1 amide bonds. The average molecular weight is 239 g/mol. The maximum atomic E-state index is 11.5. The molecule has 1 aromatic rings. The van der Waals surface area contributed by atoms with Crippen molar-refractivity contribution in [1.82, 2.24) is 0 Å². The van der Waals surface area contributed by atoms with Crippen LogP contribution in [0.25, 0.3) is 0 Å². The number of carbonyl (C=O) groups is 3. The van der Waals surface area contributed by atoms with E-state index in [0.29, 0.717) is 0 Å². The lowest BCUT2D eigenvalue weighted by Crippen LogP contribution is -2.18. The molecule has 92 valence electrons. The van der Waals surface area contributed by atoms with Crippen molar-refractivity contribution in [3.63, 3.8) is 0 Å². The van der Waals surface area contributed by atoms with Crippen LogP contribution >= 0.6 is 0 Å². The summed E-state index contributed by atoms with van der Waals surface area (Å²) in [6.45, 7) is 4.49. The number of esters is 1. The molecule has 0 radical (unpaired) electrons. The average Bonchev–Trinajstić information content (AvgIpc) is 2.56. The van der Waals surface area contributed by atoms with Crippen molar-refractivity contribution in [2.24, 2.45) is 5.73 Å². The Morgan fingerprint density at radius 3 is 2.29 bits per heavy atom. The largest absolute Gasteiger partial charge is 0.460 e. The zero-order valence-electron chi connectivity index (χ0n) is 9.83. The predicted molar refractivity (Wildman–Crippen MR) is 57.9 cm³/mol. The monoisotopic (exact) mass is 239 g/mol. The van der Waals surface area contributed by atoms with Gasteiger partial charge < -0.3 is 14.9 Å². The molecule has 0 unspecified atom stereocenters. The Balaban J connectivity index is 3.42. The zero-order chi connectivity index (χ0) is 13.2. The Bertz CT molecular complexity index is 486. The van der Waals surface area contributed by atoms with Gasteiger partial charge in [-0.15, -0.1) is 0 Å². The highest BCUT2D eigenvalue weighted by molar-refractivity contribution is 6.12. The zero-order valence-corrected chi connectivity index (χ0v) is 9.83. The summed E-state index contributed by atoms with van der Waals surface area (Å²) in [5.74, 6) is -2.24. The fraction of sp³-hybridized carbons (Fsp3) is 0.364. The predicted octanol–water partition coefficient (Wildman–Crippen LogP) is 1.07. The number of carbonyl (C=O) groups excluding carboxylic acids is 3. The van der Waals surface area contributed by atoms with Crippen LogP contribution in [0.3, 0.4) is 0 Å². The van der Waals surface area contributed by atoms with E-state index in [9.17, 15) is 14.4 Å². The summed E-state index contributed by atoms with van der Waals surface area (Å²) in [5.41, 5.74) is 4.96. The summed E-state index contributed by atoms with van der Waals surface area (Å²) in [6, 6.07) is 0. The summed E-state index contributed by atoms with van der Waals surface area (Å²) < 4.78 is 9.80. The number of hydrogen-bond acceptors (Lipinski definition) is 5. The molecule has 6 nitrogen and oxygen atoms in total. The van der Waals surface area contributed by atoms with Gasteiger partial charge >= 0.3 is 5.97 Å². The first kappa shape index (κ1) is 13.0. The van der Waals surface area contributed by atoms with E-state index in [1.807, 2.05) is 0 Å². The summed E-state index contributed by atoms with van der Waals surface area (Å²) in [6.07, 6.45) is 0. The number of aryl methyl sites for hydroxylation is 1. The smallest absolute Gasteiger partial charge is 0.375 e. The third kappa shape index (κ3) is 2.35. The molecule has 0 saturated carbocycles. The minimum atomic E-state index is -0.893. The van der Waals surface area contributed by atoms with Crippen LogP contribution in [0, 0.1) is 6.92 Å². The number of Topliss-reactive ketones (excluding diaryl/α,β-unsaturated/α-hetero) is 1. The summed E-state index contributed by atoms with van der Waals surface area (Å²) in [7, 11) is 0. The lowest BCUT2D eigenvalue weighted by atomic mass is 10.0. The molecule has 2 N–H and O–H groups in total. The quantitative estimate of drug-likeness (QED) is 0.625. The normalized spacial score (nSPS) is 10.1. The number of primary amides is 1. The molecule has 0 spiro atoms. The van der Waals surface area contributed by atoms with E-state index in [4.69, 9.17) is 14.9 Å². The van der Waals surface area contributed by atoms with Crippen LogP contribution in [0.15, 0.2) is 4.42 Å². The number of furan rings is 1. The van der Waals surface area contributed by atoms with Crippen molar-refractivity contribution in [3.05, 3.63) is 22.6 Å². The fourth-order valence-electron chi connectivity index (χ4n) is 1.54. The van der Waals surface area contributed by atoms with Gasteiger partial charge in [0.2, 0.25) is 5.76 Å². The van der Waals surface area contributed by atoms with Crippen LogP contribution in [-0.4, -0.2) is 24.3 Å². The van der Waals surface area contributed by atoms with E-state index >= 15 is 0 Å². The molecule has 1 aromatic heterocycles. The molecule has 1 rings (SSSR count). The standard InChI is InChI=1S/C11H13NO5/c1-4-16-11(15)9-8(10(12)14)7(5(2)13)6(3)17-9/h4H2,1-3H3,(H2,12,14). The molecule has 1 heterocycles. The van der Waals surface area contributed by atoms with Crippen LogP contribution < -0.4 is 5.73 Å². The molecule has 0 atom stereocenters. The van der Waals surface area contributed by atoms with Gasteiger partial charge in [0.15, 0.2) is 5.78 Å². The van der Waals surface area contributed by atoms with Gasteiger partial charge in [-0.25, -0.2) is 4.79 Å². The van der Waals surface area contributed by atoms with Gasteiger partial charge in [-0.05, 0) is 20.8 Å². The molecule has 0 aliphatic heterocycles. The van der Waals surface area contributed by atoms with E-state index in [-0.39, 0.29) is 29.3 Å². The van der Waals surface area contributed by atoms with Crippen molar-refractivity contribution >= 4 is 17.7 Å². The second-order valence-electron chi connectivity index (χ2n) is 3.38. The van der Waals surface area contributed by atoms with Crippen LogP contribution in [0.1, 0.15) is 50.9 Å². The second kappa shape index (κ2) is 4.82. The topological polar surface area (TPSA) is 99.6 Å². The fourth-order valence-corrected chi connectivity index (χ4v) is 1.54. The Hall–Kier alpha value is -2.11. The Morgan fingerprint density at radius 2 is 1.88 bits per heavy atom. The SMILES string of the molecule is CCOC(=O)c1oc(C)c(C(C)=O)c1C(N)=O. The summed E-state index contributed by atoms with van der Waals surface area (Å²) >= 11 is 0. The molecular weight excluding hydrogens is 226 g/mol. The minimum absolute atomic E-state index is 0.0283.